The third-order valence-corrected chi connectivity index (χ3v) is 2.96. The molecule has 1 fully saturated rings. The quantitative estimate of drug-likeness (QED) is 0.284. The van der Waals surface area contributed by atoms with Crippen molar-refractivity contribution in [3.05, 3.63) is 40.1 Å². The monoisotopic (exact) mass is 321 g/mol. The van der Waals surface area contributed by atoms with E-state index in [-0.39, 0.29) is 22.8 Å². The number of ether oxygens (including phenoxy) is 2. The molecule has 0 spiro atoms. The Morgan fingerprint density at radius 3 is 2.61 bits per heavy atom. The maximum Gasteiger partial charge on any atom is 0.333 e. The molecule has 10 heteroatoms. The summed E-state index contributed by atoms with van der Waals surface area (Å²) in [4.78, 5) is 46.2. The number of non-ortho nitro benzene ring substituents is 1. The van der Waals surface area contributed by atoms with E-state index in [9.17, 15) is 24.5 Å². The van der Waals surface area contributed by atoms with E-state index in [0.29, 0.717) is 4.90 Å². The first-order valence-electron chi connectivity index (χ1n) is 6.16. The summed E-state index contributed by atoms with van der Waals surface area (Å²) in [6.07, 6.45) is 0.831. The number of nitro benzene ring substituents is 1. The molecule has 1 aliphatic heterocycles. The Bertz CT molecular complexity index is 741. The van der Waals surface area contributed by atoms with Crippen LogP contribution in [0.1, 0.15) is 0 Å². The lowest BCUT2D eigenvalue weighted by molar-refractivity contribution is -0.384. The minimum Gasteiger partial charge on any atom is -0.494 e. The second kappa shape index (κ2) is 6.13. The number of hydrogen-bond acceptors (Lipinski definition) is 7. The Morgan fingerprint density at radius 1 is 1.35 bits per heavy atom. The summed E-state index contributed by atoms with van der Waals surface area (Å²) >= 11 is 0. The van der Waals surface area contributed by atoms with Gasteiger partial charge in [-0.1, -0.05) is 0 Å². The zero-order chi connectivity index (χ0) is 17.1. The highest BCUT2D eigenvalue weighted by molar-refractivity contribution is 6.28. The van der Waals surface area contributed by atoms with E-state index >= 15 is 0 Å². The highest BCUT2D eigenvalue weighted by Gasteiger charge is 2.37. The summed E-state index contributed by atoms with van der Waals surface area (Å²) in [5, 5.41) is 13.0. The molecule has 23 heavy (non-hydrogen) atoms. The van der Waals surface area contributed by atoms with Gasteiger partial charge < -0.3 is 14.8 Å². The van der Waals surface area contributed by atoms with Crippen LogP contribution < -0.4 is 15.0 Å². The van der Waals surface area contributed by atoms with Crippen LogP contribution in [0.5, 0.6) is 5.75 Å². The molecule has 2 rings (SSSR count). The van der Waals surface area contributed by atoms with Gasteiger partial charge in [-0.3, -0.25) is 14.9 Å². The number of benzene rings is 1. The highest BCUT2D eigenvalue weighted by Crippen LogP contribution is 2.34. The molecule has 120 valence electrons. The zero-order valence-electron chi connectivity index (χ0n) is 12.1. The lowest BCUT2D eigenvalue weighted by Gasteiger charge is -2.15. The van der Waals surface area contributed by atoms with Gasteiger partial charge in [0, 0.05) is 6.07 Å². The number of nitrogens with zero attached hydrogens (tertiary/aromatic N) is 2. The van der Waals surface area contributed by atoms with Crippen molar-refractivity contribution in [1.82, 2.24) is 5.32 Å². The topological polar surface area (TPSA) is 128 Å². The lowest BCUT2D eigenvalue weighted by atomic mass is 10.2. The third-order valence-electron chi connectivity index (χ3n) is 2.96. The molecule has 0 aromatic heterocycles. The summed E-state index contributed by atoms with van der Waals surface area (Å²) in [6, 6.07) is 2.59. The number of esters is 1. The molecule has 1 heterocycles. The molecule has 0 radical (unpaired) electrons. The zero-order valence-corrected chi connectivity index (χ0v) is 12.1. The van der Waals surface area contributed by atoms with Gasteiger partial charge in [-0.05, 0) is 6.07 Å². The molecule has 0 atom stereocenters. The van der Waals surface area contributed by atoms with Crippen LogP contribution in [0, 0.1) is 10.1 Å². The van der Waals surface area contributed by atoms with Gasteiger partial charge in [0.25, 0.3) is 11.6 Å². The molecule has 3 amide bonds. The SMILES string of the molecule is COC(=O)/C=C1\NC(=O)N(c2ccc([N+](=O)[O-])cc2OC)C1=O. The number of urea groups is 1. The molecule has 1 N–H and O–H groups in total. The van der Waals surface area contributed by atoms with Crippen LogP contribution in [0.25, 0.3) is 0 Å². The molecule has 1 aromatic rings. The van der Waals surface area contributed by atoms with Crippen molar-refractivity contribution in [2.24, 2.45) is 0 Å². The maximum absolute atomic E-state index is 12.2. The second-order valence-corrected chi connectivity index (χ2v) is 4.27. The van der Waals surface area contributed by atoms with E-state index in [0.717, 1.165) is 25.3 Å². The Hall–Kier alpha value is -3.43. The van der Waals surface area contributed by atoms with E-state index in [1.54, 1.807) is 0 Å². The van der Waals surface area contributed by atoms with Crippen molar-refractivity contribution in [1.29, 1.82) is 0 Å². The molecule has 1 saturated heterocycles. The molecule has 1 aromatic carbocycles. The van der Waals surface area contributed by atoms with Crippen LogP contribution in [0.15, 0.2) is 30.0 Å². The minimum absolute atomic E-state index is 0.00821. The normalized spacial score (nSPS) is 15.6. The van der Waals surface area contributed by atoms with Gasteiger partial charge >= 0.3 is 12.0 Å². The number of hydrogen-bond donors (Lipinski definition) is 1. The Labute approximate surface area is 129 Å². The summed E-state index contributed by atoms with van der Waals surface area (Å²) in [5.41, 5.74) is -0.529. The van der Waals surface area contributed by atoms with Crippen LogP contribution in [0.4, 0.5) is 16.2 Å². The third kappa shape index (κ3) is 2.95. The van der Waals surface area contributed by atoms with Gasteiger partial charge in [-0.15, -0.1) is 0 Å². The smallest absolute Gasteiger partial charge is 0.333 e. The van der Waals surface area contributed by atoms with E-state index in [2.05, 4.69) is 10.1 Å². The number of methoxy groups -OCH3 is 2. The molecular weight excluding hydrogens is 310 g/mol. The number of amides is 3. The van der Waals surface area contributed by atoms with Crippen molar-refractivity contribution < 1.29 is 28.8 Å². The molecule has 0 saturated carbocycles. The fourth-order valence-electron chi connectivity index (χ4n) is 1.90. The summed E-state index contributed by atoms with van der Waals surface area (Å²) < 4.78 is 9.38. The lowest BCUT2D eigenvalue weighted by Crippen LogP contribution is -2.30. The van der Waals surface area contributed by atoms with Crippen LogP contribution >= 0.6 is 0 Å². The molecule has 0 unspecified atom stereocenters. The first-order chi connectivity index (χ1) is 10.9. The first kappa shape index (κ1) is 15.9. The summed E-state index contributed by atoms with van der Waals surface area (Å²) in [6.45, 7) is 0. The number of carbonyl (C=O) groups is 3. The number of anilines is 1. The molecule has 1 aliphatic rings. The fourth-order valence-corrected chi connectivity index (χ4v) is 1.90. The number of rotatable bonds is 4. The van der Waals surface area contributed by atoms with Crippen LogP contribution in [0.3, 0.4) is 0 Å². The Morgan fingerprint density at radius 2 is 2.04 bits per heavy atom. The first-order valence-corrected chi connectivity index (χ1v) is 6.16. The van der Waals surface area contributed by atoms with Crippen molar-refractivity contribution in [3.8, 4) is 5.75 Å². The van der Waals surface area contributed by atoms with Gasteiger partial charge in [-0.2, -0.15) is 0 Å². The van der Waals surface area contributed by atoms with Gasteiger partial charge in [0.15, 0.2) is 0 Å². The van der Waals surface area contributed by atoms with Crippen molar-refractivity contribution in [2.45, 2.75) is 0 Å². The van der Waals surface area contributed by atoms with Gasteiger partial charge in [0.1, 0.15) is 11.4 Å². The standard InChI is InChI=1S/C13H11N3O7/c1-22-10-5-7(16(20)21)3-4-9(10)15-12(18)8(14-13(15)19)6-11(17)23-2/h3-6H,1-2H3,(H,14,19)/b8-6-. The van der Waals surface area contributed by atoms with Crippen molar-refractivity contribution >= 4 is 29.3 Å². The van der Waals surface area contributed by atoms with Crippen LogP contribution in [0.2, 0.25) is 0 Å². The average molecular weight is 321 g/mol. The van der Waals surface area contributed by atoms with E-state index in [1.807, 2.05) is 0 Å². The number of carbonyl (C=O) groups excluding carboxylic acids is 3. The van der Waals surface area contributed by atoms with Gasteiger partial charge in [-0.25, -0.2) is 14.5 Å². The van der Waals surface area contributed by atoms with Gasteiger partial charge in [0.2, 0.25) is 0 Å². The Balaban J connectivity index is 2.44. The van der Waals surface area contributed by atoms with Crippen LogP contribution in [-0.4, -0.2) is 37.1 Å². The highest BCUT2D eigenvalue weighted by atomic mass is 16.6. The fraction of sp³-hybridized carbons (Fsp3) is 0.154. The minimum atomic E-state index is -0.822. The maximum atomic E-state index is 12.2. The van der Waals surface area contributed by atoms with Crippen molar-refractivity contribution in [2.75, 3.05) is 19.1 Å². The number of imide groups is 1. The van der Waals surface area contributed by atoms with Crippen LogP contribution in [-0.2, 0) is 14.3 Å². The van der Waals surface area contributed by atoms with E-state index < -0.39 is 22.8 Å². The average Bonchev–Trinajstić information content (AvgIpc) is 2.80. The summed E-state index contributed by atoms with van der Waals surface area (Å²) in [5.74, 6) is -1.67. The second-order valence-electron chi connectivity index (χ2n) is 4.27. The predicted octanol–water partition coefficient (Wildman–Crippen LogP) is 0.716. The van der Waals surface area contributed by atoms with E-state index in [1.165, 1.54) is 13.2 Å². The molecule has 0 aliphatic carbocycles. The number of nitro groups is 1. The van der Waals surface area contributed by atoms with Gasteiger partial charge in [0.05, 0.1) is 37.0 Å². The molecule has 10 nitrogen and oxygen atoms in total. The van der Waals surface area contributed by atoms with E-state index in [4.69, 9.17) is 4.74 Å². The largest absolute Gasteiger partial charge is 0.494 e. The molecule has 0 bridgehead atoms. The predicted molar refractivity (Wildman–Crippen MR) is 75.8 cm³/mol. The summed E-state index contributed by atoms with van der Waals surface area (Å²) in [7, 11) is 2.37. The number of nitrogens with one attached hydrogen (secondary N) is 1. The Kier molecular flexibility index (Phi) is 4.25. The van der Waals surface area contributed by atoms with Crippen molar-refractivity contribution in [3.63, 3.8) is 0 Å². The molecular formula is C13H11N3O7.